The minimum absolute atomic E-state index is 0.533. The summed E-state index contributed by atoms with van der Waals surface area (Å²) in [5.41, 5.74) is 0. The lowest BCUT2D eigenvalue weighted by atomic mass is 9.98. The molecule has 3 heterocycles. The maximum Gasteiger partial charge on any atom is 0.0665 e. The van der Waals surface area contributed by atoms with Gasteiger partial charge in [0.05, 0.1) is 12.3 Å². The number of nitrogens with zero attached hydrogens (tertiary/aromatic N) is 1. The van der Waals surface area contributed by atoms with Crippen molar-refractivity contribution in [3.8, 4) is 0 Å². The normalized spacial score (nSPS) is 42.8. The average molecular weight is 211 g/mol. The van der Waals surface area contributed by atoms with Gasteiger partial charge in [0.25, 0.3) is 0 Å². The van der Waals surface area contributed by atoms with Gasteiger partial charge in [-0.15, -0.1) is 0 Å². The first-order valence-corrected chi connectivity index (χ1v) is 6.10. The molecule has 86 valence electrons. The standard InChI is InChI=1S/C10H21N5/c1-2-12-9-8(1)10(14-7-13-9)15-5-3-11-4-6-15/h8-14H,1-7H2. The van der Waals surface area contributed by atoms with Crippen LogP contribution in [0.4, 0.5) is 0 Å². The summed E-state index contributed by atoms with van der Waals surface area (Å²) >= 11 is 0. The van der Waals surface area contributed by atoms with Gasteiger partial charge in [0.1, 0.15) is 0 Å². The Bertz CT molecular complexity index is 216. The molecule has 3 aliphatic heterocycles. The van der Waals surface area contributed by atoms with Crippen molar-refractivity contribution in [2.75, 3.05) is 39.4 Å². The first-order chi connectivity index (χ1) is 7.45. The molecule has 3 fully saturated rings. The lowest BCUT2D eigenvalue weighted by molar-refractivity contribution is 0.0591. The van der Waals surface area contributed by atoms with E-state index in [0.717, 1.165) is 32.2 Å². The molecule has 0 aromatic rings. The van der Waals surface area contributed by atoms with Crippen LogP contribution in [0.25, 0.3) is 0 Å². The van der Waals surface area contributed by atoms with Gasteiger partial charge in [0.2, 0.25) is 0 Å². The van der Waals surface area contributed by atoms with E-state index in [1.807, 2.05) is 0 Å². The predicted octanol–water partition coefficient (Wildman–Crippen LogP) is -1.70. The summed E-state index contributed by atoms with van der Waals surface area (Å²) in [6.45, 7) is 6.73. The number of hydrogen-bond acceptors (Lipinski definition) is 5. The molecule has 3 saturated heterocycles. The number of nitrogens with one attached hydrogen (secondary N) is 4. The molecule has 3 aliphatic rings. The second-order valence-electron chi connectivity index (χ2n) is 4.70. The van der Waals surface area contributed by atoms with Crippen LogP contribution in [0.3, 0.4) is 0 Å². The largest absolute Gasteiger partial charge is 0.314 e. The first kappa shape index (κ1) is 9.99. The molecule has 3 atom stereocenters. The quantitative estimate of drug-likeness (QED) is 0.417. The molecule has 4 N–H and O–H groups in total. The fourth-order valence-electron chi connectivity index (χ4n) is 3.07. The van der Waals surface area contributed by atoms with E-state index in [1.54, 1.807) is 0 Å². The molecule has 0 aromatic carbocycles. The van der Waals surface area contributed by atoms with Crippen LogP contribution in [0.1, 0.15) is 6.42 Å². The SMILES string of the molecule is C1CN(C2NCNC3NCCC32)CCN1. The van der Waals surface area contributed by atoms with Crippen molar-refractivity contribution in [1.82, 2.24) is 26.2 Å². The van der Waals surface area contributed by atoms with Crippen LogP contribution in [0.15, 0.2) is 0 Å². The van der Waals surface area contributed by atoms with Crippen LogP contribution in [0.2, 0.25) is 0 Å². The number of piperazine rings is 1. The predicted molar refractivity (Wildman–Crippen MR) is 59.3 cm³/mol. The van der Waals surface area contributed by atoms with Crippen LogP contribution in [-0.4, -0.2) is 56.6 Å². The van der Waals surface area contributed by atoms with E-state index >= 15 is 0 Å². The van der Waals surface area contributed by atoms with E-state index in [-0.39, 0.29) is 0 Å². The third kappa shape index (κ3) is 1.90. The first-order valence-electron chi connectivity index (χ1n) is 6.10. The van der Waals surface area contributed by atoms with Crippen molar-refractivity contribution in [1.29, 1.82) is 0 Å². The van der Waals surface area contributed by atoms with Crippen molar-refractivity contribution in [2.24, 2.45) is 5.92 Å². The summed E-state index contributed by atoms with van der Waals surface area (Å²) in [5.74, 6) is 0.733. The molecular weight excluding hydrogens is 190 g/mol. The van der Waals surface area contributed by atoms with E-state index < -0.39 is 0 Å². The minimum Gasteiger partial charge on any atom is -0.314 e. The summed E-state index contributed by atoms with van der Waals surface area (Å²) < 4.78 is 0. The van der Waals surface area contributed by atoms with Crippen molar-refractivity contribution in [3.63, 3.8) is 0 Å². The second kappa shape index (κ2) is 4.35. The molecule has 0 saturated carbocycles. The zero-order valence-corrected chi connectivity index (χ0v) is 9.13. The maximum atomic E-state index is 3.61. The lowest BCUT2D eigenvalue weighted by Crippen LogP contribution is -2.66. The Morgan fingerprint density at radius 1 is 0.933 bits per heavy atom. The van der Waals surface area contributed by atoms with Crippen LogP contribution in [-0.2, 0) is 0 Å². The van der Waals surface area contributed by atoms with Crippen LogP contribution < -0.4 is 21.3 Å². The highest BCUT2D eigenvalue weighted by atomic mass is 15.4. The highest BCUT2D eigenvalue weighted by Crippen LogP contribution is 2.23. The van der Waals surface area contributed by atoms with Crippen molar-refractivity contribution >= 4 is 0 Å². The fourth-order valence-corrected chi connectivity index (χ4v) is 3.07. The van der Waals surface area contributed by atoms with Gasteiger partial charge >= 0.3 is 0 Å². The highest BCUT2D eigenvalue weighted by Gasteiger charge is 2.39. The molecule has 3 rings (SSSR count). The lowest BCUT2D eigenvalue weighted by Gasteiger charge is -2.43. The molecule has 5 nitrogen and oxygen atoms in total. The van der Waals surface area contributed by atoms with Gasteiger partial charge in [-0.05, 0) is 13.0 Å². The molecule has 0 amide bonds. The Labute approximate surface area is 91.0 Å². The summed E-state index contributed by atoms with van der Waals surface area (Å²) in [5, 5.41) is 14.0. The van der Waals surface area contributed by atoms with E-state index in [1.165, 1.54) is 19.5 Å². The summed E-state index contributed by atoms with van der Waals surface area (Å²) in [7, 11) is 0. The summed E-state index contributed by atoms with van der Waals surface area (Å²) in [4.78, 5) is 2.60. The van der Waals surface area contributed by atoms with Gasteiger partial charge in [0.15, 0.2) is 0 Å². The van der Waals surface area contributed by atoms with Crippen LogP contribution in [0, 0.1) is 5.92 Å². The Morgan fingerprint density at radius 2 is 1.80 bits per heavy atom. The molecule has 0 radical (unpaired) electrons. The smallest absolute Gasteiger partial charge is 0.0665 e. The molecule has 3 unspecified atom stereocenters. The zero-order valence-electron chi connectivity index (χ0n) is 9.13. The average Bonchev–Trinajstić information content (AvgIpc) is 2.78. The molecule has 0 bridgehead atoms. The molecule has 0 aliphatic carbocycles. The Kier molecular flexibility index (Phi) is 2.90. The van der Waals surface area contributed by atoms with Crippen molar-refractivity contribution in [2.45, 2.75) is 18.8 Å². The Balaban J connectivity index is 1.67. The monoisotopic (exact) mass is 211 g/mol. The molecule has 0 aromatic heterocycles. The minimum atomic E-state index is 0.533. The van der Waals surface area contributed by atoms with Crippen LogP contribution in [0.5, 0.6) is 0 Å². The van der Waals surface area contributed by atoms with E-state index in [9.17, 15) is 0 Å². The zero-order chi connectivity index (χ0) is 10.1. The van der Waals surface area contributed by atoms with Crippen LogP contribution >= 0.6 is 0 Å². The molecule has 15 heavy (non-hydrogen) atoms. The van der Waals surface area contributed by atoms with E-state index in [4.69, 9.17) is 0 Å². The highest BCUT2D eigenvalue weighted by molar-refractivity contribution is 4.94. The van der Waals surface area contributed by atoms with Gasteiger partial charge in [-0.1, -0.05) is 0 Å². The topological polar surface area (TPSA) is 51.4 Å². The third-order valence-electron chi connectivity index (χ3n) is 3.85. The summed E-state index contributed by atoms with van der Waals surface area (Å²) in [6, 6.07) is 0. The van der Waals surface area contributed by atoms with E-state index in [2.05, 4.69) is 26.2 Å². The van der Waals surface area contributed by atoms with E-state index in [0.29, 0.717) is 12.3 Å². The summed E-state index contributed by atoms with van der Waals surface area (Å²) in [6.07, 6.45) is 2.40. The number of fused-ring (bicyclic) bond motifs is 1. The second-order valence-corrected chi connectivity index (χ2v) is 4.70. The fraction of sp³-hybridized carbons (Fsp3) is 1.00. The van der Waals surface area contributed by atoms with Crippen molar-refractivity contribution < 1.29 is 0 Å². The Morgan fingerprint density at radius 3 is 2.67 bits per heavy atom. The molecule has 5 heteroatoms. The van der Waals surface area contributed by atoms with Gasteiger partial charge < -0.3 is 10.6 Å². The Hall–Kier alpha value is -0.200. The van der Waals surface area contributed by atoms with Crippen molar-refractivity contribution in [3.05, 3.63) is 0 Å². The number of hydrogen-bond donors (Lipinski definition) is 4. The van der Waals surface area contributed by atoms with Gasteiger partial charge in [-0.3, -0.25) is 15.5 Å². The number of rotatable bonds is 1. The van der Waals surface area contributed by atoms with Gasteiger partial charge in [0, 0.05) is 38.8 Å². The maximum absolute atomic E-state index is 3.61. The van der Waals surface area contributed by atoms with Gasteiger partial charge in [-0.2, -0.15) is 0 Å². The third-order valence-corrected chi connectivity index (χ3v) is 3.85. The van der Waals surface area contributed by atoms with Gasteiger partial charge in [-0.25, -0.2) is 0 Å². The molecule has 0 spiro atoms. The molecular formula is C10H21N5.